The standard InChI is InChI=1S/C20H20N2O4/c1-25-19(23)18(12-15-7-8-17-16(11-15)9-10-21-17)22-20(24)26-13-14-5-3-2-4-6-14/h2-11,18,21H,12-13H2,1H3,(H,22,24). The van der Waals surface area contributed by atoms with E-state index in [4.69, 9.17) is 9.47 Å². The van der Waals surface area contributed by atoms with E-state index in [9.17, 15) is 9.59 Å². The first-order valence-electron chi connectivity index (χ1n) is 8.27. The molecular formula is C20H20N2O4. The largest absolute Gasteiger partial charge is 0.467 e. The van der Waals surface area contributed by atoms with Gasteiger partial charge in [-0.05, 0) is 34.7 Å². The Morgan fingerprint density at radius 2 is 1.88 bits per heavy atom. The number of carbonyl (C=O) groups is 2. The number of aromatic amines is 1. The molecule has 2 aromatic carbocycles. The van der Waals surface area contributed by atoms with E-state index in [1.54, 1.807) is 0 Å². The van der Waals surface area contributed by atoms with Crippen LogP contribution in [-0.2, 0) is 27.3 Å². The predicted molar refractivity (Wildman–Crippen MR) is 97.6 cm³/mol. The van der Waals surface area contributed by atoms with Gasteiger partial charge in [0.1, 0.15) is 12.6 Å². The molecule has 0 aliphatic rings. The summed E-state index contributed by atoms with van der Waals surface area (Å²) in [4.78, 5) is 27.2. The van der Waals surface area contributed by atoms with Crippen molar-refractivity contribution in [3.05, 3.63) is 71.9 Å². The number of esters is 1. The highest BCUT2D eigenvalue weighted by molar-refractivity contribution is 5.83. The number of aromatic nitrogens is 1. The Labute approximate surface area is 151 Å². The van der Waals surface area contributed by atoms with Crippen molar-refractivity contribution >= 4 is 23.0 Å². The summed E-state index contributed by atoms with van der Waals surface area (Å²) in [5, 5.41) is 3.62. The number of amides is 1. The Kier molecular flexibility index (Phi) is 5.53. The van der Waals surface area contributed by atoms with E-state index in [-0.39, 0.29) is 6.61 Å². The van der Waals surface area contributed by atoms with E-state index in [0.29, 0.717) is 6.42 Å². The average Bonchev–Trinajstić information content (AvgIpc) is 3.14. The molecule has 26 heavy (non-hydrogen) atoms. The summed E-state index contributed by atoms with van der Waals surface area (Å²) < 4.78 is 9.99. The van der Waals surface area contributed by atoms with Gasteiger partial charge in [-0.25, -0.2) is 9.59 Å². The molecule has 3 rings (SSSR count). The molecule has 0 aliphatic heterocycles. The molecule has 1 atom stereocenters. The van der Waals surface area contributed by atoms with E-state index in [2.05, 4.69) is 10.3 Å². The van der Waals surface area contributed by atoms with Crippen molar-refractivity contribution < 1.29 is 19.1 Å². The van der Waals surface area contributed by atoms with Crippen LogP contribution in [0.3, 0.4) is 0 Å². The smallest absolute Gasteiger partial charge is 0.408 e. The lowest BCUT2D eigenvalue weighted by Crippen LogP contribution is -2.43. The van der Waals surface area contributed by atoms with Crippen molar-refractivity contribution in [3.8, 4) is 0 Å². The van der Waals surface area contributed by atoms with Gasteiger partial charge >= 0.3 is 12.1 Å². The van der Waals surface area contributed by atoms with Crippen molar-refractivity contribution in [2.75, 3.05) is 7.11 Å². The molecule has 1 unspecified atom stereocenters. The Morgan fingerprint density at radius 3 is 2.65 bits per heavy atom. The van der Waals surface area contributed by atoms with Crippen LogP contribution >= 0.6 is 0 Å². The molecule has 0 fully saturated rings. The van der Waals surface area contributed by atoms with Gasteiger partial charge in [0.25, 0.3) is 0 Å². The monoisotopic (exact) mass is 352 g/mol. The van der Waals surface area contributed by atoms with E-state index in [1.165, 1.54) is 7.11 Å². The second-order valence-corrected chi connectivity index (χ2v) is 5.89. The quantitative estimate of drug-likeness (QED) is 0.668. The van der Waals surface area contributed by atoms with Gasteiger partial charge in [0, 0.05) is 18.1 Å². The third-order valence-corrected chi connectivity index (χ3v) is 4.05. The van der Waals surface area contributed by atoms with Gasteiger partial charge in [0.2, 0.25) is 0 Å². The normalized spacial score (nSPS) is 11.7. The van der Waals surface area contributed by atoms with Crippen molar-refractivity contribution in [2.45, 2.75) is 19.1 Å². The first-order valence-corrected chi connectivity index (χ1v) is 8.27. The van der Waals surface area contributed by atoms with Crippen molar-refractivity contribution in [2.24, 2.45) is 0 Å². The summed E-state index contributed by atoms with van der Waals surface area (Å²) in [6.45, 7) is 0.135. The second-order valence-electron chi connectivity index (χ2n) is 5.89. The highest BCUT2D eigenvalue weighted by atomic mass is 16.6. The highest BCUT2D eigenvalue weighted by Gasteiger charge is 2.23. The average molecular weight is 352 g/mol. The number of fused-ring (bicyclic) bond motifs is 1. The lowest BCUT2D eigenvalue weighted by Gasteiger charge is -2.16. The van der Waals surface area contributed by atoms with Crippen LogP contribution in [0, 0.1) is 0 Å². The van der Waals surface area contributed by atoms with Gasteiger partial charge in [0.05, 0.1) is 7.11 Å². The maximum absolute atomic E-state index is 12.1. The van der Waals surface area contributed by atoms with Crippen LogP contribution < -0.4 is 5.32 Å². The molecule has 0 bridgehead atoms. The van der Waals surface area contributed by atoms with Crippen molar-refractivity contribution in [1.29, 1.82) is 0 Å². The number of ether oxygens (including phenoxy) is 2. The number of methoxy groups -OCH3 is 1. The number of hydrogen-bond acceptors (Lipinski definition) is 4. The zero-order valence-electron chi connectivity index (χ0n) is 14.4. The summed E-state index contributed by atoms with van der Waals surface area (Å²) in [6.07, 6.45) is 1.51. The molecule has 0 radical (unpaired) electrons. The lowest BCUT2D eigenvalue weighted by atomic mass is 10.0. The fourth-order valence-corrected chi connectivity index (χ4v) is 2.71. The number of nitrogens with one attached hydrogen (secondary N) is 2. The van der Waals surface area contributed by atoms with Crippen LogP contribution in [0.1, 0.15) is 11.1 Å². The van der Waals surface area contributed by atoms with Gasteiger partial charge < -0.3 is 19.8 Å². The molecule has 1 amide bonds. The van der Waals surface area contributed by atoms with E-state index < -0.39 is 18.1 Å². The van der Waals surface area contributed by atoms with E-state index in [1.807, 2.05) is 60.8 Å². The maximum atomic E-state index is 12.1. The maximum Gasteiger partial charge on any atom is 0.408 e. The summed E-state index contributed by atoms with van der Waals surface area (Å²) in [6, 6.07) is 16.3. The summed E-state index contributed by atoms with van der Waals surface area (Å²) in [7, 11) is 1.29. The Balaban J connectivity index is 1.63. The van der Waals surface area contributed by atoms with Crippen LogP contribution in [0.2, 0.25) is 0 Å². The van der Waals surface area contributed by atoms with Crippen LogP contribution in [0.5, 0.6) is 0 Å². The van der Waals surface area contributed by atoms with E-state index >= 15 is 0 Å². The fraction of sp³-hybridized carbons (Fsp3) is 0.200. The second kappa shape index (κ2) is 8.20. The molecule has 0 saturated heterocycles. The Morgan fingerprint density at radius 1 is 1.08 bits per heavy atom. The van der Waals surface area contributed by atoms with Crippen molar-refractivity contribution in [3.63, 3.8) is 0 Å². The molecule has 6 nitrogen and oxygen atoms in total. The lowest BCUT2D eigenvalue weighted by molar-refractivity contribution is -0.143. The first-order chi connectivity index (χ1) is 12.7. The fourth-order valence-electron chi connectivity index (χ4n) is 2.71. The van der Waals surface area contributed by atoms with Crippen LogP contribution in [0.25, 0.3) is 10.9 Å². The molecule has 0 saturated carbocycles. The predicted octanol–water partition coefficient (Wildman–Crippen LogP) is 3.18. The summed E-state index contributed by atoms with van der Waals surface area (Å²) >= 11 is 0. The molecule has 1 heterocycles. The van der Waals surface area contributed by atoms with Gasteiger partial charge in [-0.3, -0.25) is 0 Å². The number of H-pyrrole nitrogens is 1. The third-order valence-electron chi connectivity index (χ3n) is 4.05. The number of alkyl carbamates (subject to hydrolysis) is 1. The zero-order chi connectivity index (χ0) is 18.4. The Bertz CT molecular complexity index is 889. The number of carbonyl (C=O) groups excluding carboxylic acids is 2. The topological polar surface area (TPSA) is 80.4 Å². The highest BCUT2D eigenvalue weighted by Crippen LogP contribution is 2.16. The molecule has 2 N–H and O–H groups in total. The molecule has 134 valence electrons. The van der Waals surface area contributed by atoms with Crippen LogP contribution in [-0.4, -0.2) is 30.2 Å². The SMILES string of the molecule is COC(=O)C(Cc1ccc2[nH]ccc2c1)NC(=O)OCc1ccccc1. The number of hydrogen-bond donors (Lipinski definition) is 2. The van der Waals surface area contributed by atoms with Crippen LogP contribution in [0.15, 0.2) is 60.8 Å². The van der Waals surface area contributed by atoms with Crippen molar-refractivity contribution in [1.82, 2.24) is 10.3 Å². The minimum atomic E-state index is -0.820. The molecular weight excluding hydrogens is 332 g/mol. The third kappa shape index (κ3) is 4.42. The minimum Gasteiger partial charge on any atom is -0.467 e. The summed E-state index contributed by atoms with van der Waals surface area (Å²) in [5.41, 5.74) is 2.80. The number of benzene rings is 2. The molecule has 3 aromatic rings. The number of rotatable bonds is 6. The van der Waals surface area contributed by atoms with Gasteiger partial charge in [-0.2, -0.15) is 0 Å². The van der Waals surface area contributed by atoms with E-state index in [0.717, 1.165) is 22.0 Å². The first kappa shape index (κ1) is 17.5. The molecule has 6 heteroatoms. The van der Waals surface area contributed by atoms with Gasteiger partial charge in [-0.15, -0.1) is 0 Å². The van der Waals surface area contributed by atoms with Gasteiger partial charge in [-0.1, -0.05) is 36.4 Å². The Hall–Kier alpha value is -3.28. The molecule has 0 spiro atoms. The minimum absolute atomic E-state index is 0.135. The summed E-state index contributed by atoms with van der Waals surface area (Å²) in [5.74, 6) is -0.518. The molecule has 1 aromatic heterocycles. The van der Waals surface area contributed by atoms with Gasteiger partial charge in [0.15, 0.2) is 0 Å². The zero-order valence-corrected chi connectivity index (χ0v) is 14.4. The van der Waals surface area contributed by atoms with Crippen LogP contribution in [0.4, 0.5) is 4.79 Å². The molecule has 0 aliphatic carbocycles.